The molecule has 0 aromatic rings. The van der Waals surface area contributed by atoms with Gasteiger partial charge in [0, 0.05) is 26.2 Å². The van der Waals surface area contributed by atoms with Crippen molar-refractivity contribution in [2.75, 3.05) is 13.7 Å². The molecule has 13 heavy (non-hydrogen) atoms. The number of hydrogen-bond donors (Lipinski definition) is 1. The first-order valence-electron chi connectivity index (χ1n) is 4.84. The molecule has 0 aliphatic heterocycles. The SMILES string of the molecule is CC#CCCC(N)CC(C)COC. The highest BCUT2D eigenvalue weighted by atomic mass is 16.5. The van der Waals surface area contributed by atoms with Crippen LogP contribution >= 0.6 is 0 Å². The highest BCUT2D eigenvalue weighted by molar-refractivity contribution is 4.95. The number of nitrogens with two attached hydrogens (primary N) is 1. The molecule has 76 valence electrons. The van der Waals surface area contributed by atoms with Crippen molar-refractivity contribution in [3.63, 3.8) is 0 Å². The van der Waals surface area contributed by atoms with Gasteiger partial charge in [-0.1, -0.05) is 6.92 Å². The zero-order valence-corrected chi connectivity index (χ0v) is 8.97. The molecule has 0 bridgehead atoms. The van der Waals surface area contributed by atoms with E-state index in [4.69, 9.17) is 10.5 Å². The van der Waals surface area contributed by atoms with Gasteiger partial charge in [-0.05, 0) is 25.7 Å². The van der Waals surface area contributed by atoms with Crippen molar-refractivity contribution in [3.8, 4) is 11.8 Å². The molecule has 0 spiro atoms. The van der Waals surface area contributed by atoms with Crippen molar-refractivity contribution >= 4 is 0 Å². The maximum Gasteiger partial charge on any atom is 0.0488 e. The van der Waals surface area contributed by atoms with Crippen molar-refractivity contribution < 1.29 is 4.74 Å². The van der Waals surface area contributed by atoms with Gasteiger partial charge < -0.3 is 10.5 Å². The van der Waals surface area contributed by atoms with Crippen LogP contribution in [0.2, 0.25) is 0 Å². The Morgan fingerprint density at radius 1 is 1.46 bits per heavy atom. The van der Waals surface area contributed by atoms with Gasteiger partial charge in [0.25, 0.3) is 0 Å². The molecule has 2 unspecified atom stereocenters. The summed E-state index contributed by atoms with van der Waals surface area (Å²) < 4.78 is 5.05. The molecule has 0 heterocycles. The number of ether oxygens (including phenoxy) is 1. The molecule has 0 fully saturated rings. The molecule has 0 amide bonds. The Morgan fingerprint density at radius 2 is 2.15 bits per heavy atom. The molecule has 0 rings (SSSR count). The lowest BCUT2D eigenvalue weighted by atomic mass is 10.00. The number of methoxy groups -OCH3 is 1. The summed E-state index contributed by atoms with van der Waals surface area (Å²) in [6, 6.07) is 0.269. The fourth-order valence-electron chi connectivity index (χ4n) is 1.37. The Hall–Kier alpha value is -0.520. The van der Waals surface area contributed by atoms with E-state index in [0.717, 1.165) is 25.9 Å². The van der Waals surface area contributed by atoms with E-state index in [1.807, 2.05) is 6.92 Å². The average molecular weight is 183 g/mol. The Balaban J connectivity index is 3.46. The molecule has 2 atom stereocenters. The van der Waals surface area contributed by atoms with Gasteiger partial charge in [0.1, 0.15) is 0 Å². The van der Waals surface area contributed by atoms with E-state index in [-0.39, 0.29) is 6.04 Å². The first kappa shape index (κ1) is 12.5. The van der Waals surface area contributed by atoms with Crippen LogP contribution in [-0.4, -0.2) is 19.8 Å². The summed E-state index contributed by atoms with van der Waals surface area (Å²) >= 11 is 0. The average Bonchev–Trinajstić information content (AvgIpc) is 2.05. The van der Waals surface area contributed by atoms with Crippen LogP contribution in [0.3, 0.4) is 0 Å². The standard InChI is InChI=1S/C11H21NO/c1-4-5-6-7-11(12)8-10(2)9-13-3/h10-11H,6-9,12H2,1-3H3. The Morgan fingerprint density at radius 3 is 2.69 bits per heavy atom. The largest absolute Gasteiger partial charge is 0.384 e. The van der Waals surface area contributed by atoms with Gasteiger partial charge in [0.05, 0.1) is 0 Å². The van der Waals surface area contributed by atoms with Gasteiger partial charge in [-0.25, -0.2) is 0 Å². The Kier molecular flexibility index (Phi) is 7.77. The predicted octanol–water partition coefficient (Wildman–Crippen LogP) is 1.79. The fourth-order valence-corrected chi connectivity index (χ4v) is 1.37. The van der Waals surface area contributed by atoms with Gasteiger partial charge in [-0.15, -0.1) is 11.8 Å². The maximum absolute atomic E-state index is 5.92. The quantitative estimate of drug-likeness (QED) is 0.637. The van der Waals surface area contributed by atoms with Crippen molar-refractivity contribution in [1.82, 2.24) is 0 Å². The molecular weight excluding hydrogens is 162 g/mol. The van der Waals surface area contributed by atoms with E-state index in [9.17, 15) is 0 Å². The summed E-state index contributed by atoms with van der Waals surface area (Å²) in [6.07, 6.45) is 2.94. The van der Waals surface area contributed by atoms with E-state index in [0.29, 0.717) is 5.92 Å². The second-order valence-corrected chi connectivity index (χ2v) is 3.52. The maximum atomic E-state index is 5.92. The summed E-state index contributed by atoms with van der Waals surface area (Å²) in [5.41, 5.74) is 5.92. The van der Waals surface area contributed by atoms with Crippen LogP contribution in [0.15, 0.2) is 0 Å². The lowest BCUT2D eigenvalue weighted by molar-refractivity contribution is 0.151. The monoisotopic (exact) mass is 183 g/mol. The highest BCUT2D eigenvalue weighted by Crippen LogP contribution is 2.08. The van der Waals surface area contributed by atoms with Gasteiger partial charge in [0.2, 0.25) is 0 Å². The highest BCUT2D eigenvalue weighted by Gasteiger charge is 2.07. The lowest BCUT2D eigenvalue weighted by Crippen LogP contribution is -2.24. The van der Waals surface area contributed by atoms with Crippen molar-refractivity contribution in [3.05, 3.63) is 0 Å². The fraction of sp³-hybridized carbons (Fsp3) is 0.818. The van der Waals surface area contributed by atoms with E-state index >= 15 is 0 Å². The van der Waals surface area contributed by atoms with E-state index in [1.54, 1.807) is 7.11 Å². The van der Waals surface area contributed by atoms with Crippen molar-refractivity contribution in [2.45, 2.75) is 39.2 Å². The Labute approximate surface area is 81.8 Å². The summed E-state index contributed by atoms with van der Waals surface area (Å²) in [7, 11) is 1.73. The van der Waals surface area contributed by atoms with Crippen LogP contribution in [0.4, 0.5) is 0 Å². The minimum Gasteiger partial charge on any atom is -0.384 e. The number of rotatable bonds is 6. The molecule has 0 saturated heterocycles. The van der Waals surface area contributed by atoms with Gasteiger partial charge in [-0.3, -0.25) is 0 Å². The second kappa shape index (κ2) is 8.10. The lowest BCUT2D eigenvalue weighted by Gasteiger charge is -2.15. The predicted molar refractivity (Wildman–Crippen MR) is 56.3 cm³/mol. The van der Waals surface area contributed by atoms with Crippen LogP contribution in [0.1, 0.15) is 33.1 Å². The summed E-state index contributed by atoms with van der Waals surface area (Å²) in [5, 5.41) is 0. The second-order valence-electron chi connectivity index (χ2n) is 3.52. The summed E-state index contributed by atoms with van der Waals surface area (Å²) in [6.45, 7) is 4.82. The van der Waals surface area contributed by atoms with Crippen LogP contribution in [0.5, 0.6) is 0 Å². The zero-order chi connectivity index (χ0) is 10.1. The molecule has 2 nitrogen and oxygen atoms in total. The Bertz CT molecular complexity index is 169. The molecule has 0 radical (unpaired) electrons. The first-order valence-corrected chi connectivity index (χ1v) is 4.84. The van der Waals surface area contributed by atoms with Crippen LogP contribution in [0, 0.1) is 17.8 Å². The molecule has 0 aliphatic rings. The van der Waals surface area contributed by atoms with Gasteiger partial charge >= 0.3 is 0 Å². The smallest absolute Gasteiger partial charge is 0.0488 e. The van der Waals surface area contributed by atoms with Crippen LogP contribution in [-0.2, 0) is 4.74 Å². The molecule has 2 heteroatoms. The third kappa shape index (κ3) is 7.83. The first-order chi connectivity index (χ1) is 6.20. The van der Waals surface area contributed by atoms with E-state index in [2.05, 4.69) is 18.8 Å². The molecular formula is C11H21NO. The third-order valence-electron chi connectivity index (χ3n) is 1.97. The van der Waals surface area contributed by atoms with Gasteiger partial charge in [-0.2, -0.15) is 0 Å². The molecule has 0 aromatic heterocycles. The zero-order valence-electron chi connectivity index (χ0n) is 8.97. The normalized spacial score (nSPS) is 14.5. The summed E-state index contributed by atoms with van der Waals surface area (Å²) in [5.74, 6) is 6.44. The molecule has 0 aromatic carbocycles. The van der Waals surface area contributed by atoms with Gasteiger partial charge in [0.15, 0.2) is 0 Å². The van der Waals surface area contributed by atoms with Crippen molar-refractivity contribution in [1.29, 1.82) is 0 Å². The summed E-state index contributed by atoms with van der Waals surface area (Å²) in [4.78, 5) is 0. The van der Waals surface area contributed by atoms with Crippen LogP contribution < -0.4 is 5.73 Å². The van der Waals surface area contributed by atoms with E-state index in [1.165, 1.54) is 0 Å². The van der Waals surface area contributed by atoms with E-state index < -0.39 is 0 Å². The topological polar surface area (TPSA) is 35.2 Å². The minimum atomic E-state index is 0.269. The number of hydrogen-bond acceptors (Lipinski definition) is 2. The van der Waals surface area contributed by atoms with Crippen molar-refractivity contribution in [2.24, 2.45) is 11.7 Å². The molecule has 2 N–H and O–H groups in total. The molecule has 0 aliphatic carbocycles. The molecule has 0 saturated carbocycles. The minimum absolute atomic E-state index is 0.269. The third-order valence-corrected chi connectivity index (χ3v) is 1.97. The van der Waals surface area contributed by atoms with Crippen LogP contribution in [0.25, 0.3) is 0 Å².